The SMILES string of the molecule is [2H]C([2H])(c1ccc(-c2cc(-n3c4ccccc4c4cc5c6ccccc6n(-c6nc7ccccc7n6-c6ccccc6)c5cc43)cc3c2oc2c(-c4ccccc4)cccc23)nc1)C(C)(C)C. The van der Waals surface area contributed by atoms with Crippen molar-refractivity contribution >= 4 is 76.6 Å². The molecule has 0 aliphatic carbocycles. The second kappa shape index (κ2) is 14.1. The number of aromatic nitrogens is 5. The van der Waals surface area contributed by atoms with E-state index in [9.17, 15) is 0 Å². The summed E-state index contributed by atoms with van der Waals surface area (Å²) in [5.74, 6) is 0.814. The van der Waals surface area contributed by atoms with Crippen LogP contribution in [-0.4, -0.2) is 23.7 Å². The molecule has 0 atom stereocenters. The molecule has 0 radical (unpaired) electrons. The lowest BCUT2D eigenvalue weighted by Crippen LogP contribution is -2.09. The third-order valence-electron chi connectivity index (χ3n) is 12.7. The van der Waals surface area contributed by atoms with Crippen molar-refractivity contribution in [2.24, 2.45) is 5.41 Å². The van der Waals surface area contributed by atoms with Gasteiger partial charge in [0.05, 0.1) is 38.8 Å². The van der Waals surface area contributed by atoms with Gasteiger partial charge in [-0.1, -0.05) is 142 Å². The van der Waals surface area contributed by atoms with Crippen LogP contribution in [0.1, 0.15) is 29.1 Å². The molecule has 6 nitrogen and oxygen atoms in total. The van der Waals surface area contributed by atoms with Gasteiger partial charge in [-0.3, -0.25) is 14.1 Å². The molecule has 0 spiro atoms. The van der Waals surface area contributed by atoms with Gasteiger partial charge in [-0.15, -0.1) is 0 Å². The third-order valence-corrected chi connectivity index (χ3v) is 12.7. The van der Waals surface area contributed by atoms with E-state index in [1.165, 1.54) is 0 Å². The molecule has 8 aromatic carbocycles. The normalized spacial score (nSPS) is 13.0. The third kappa shape index (κ3) is 5.87. The summed E-state index contributed by atoms with van der Waals surface area (Å²) >= 11 is 0. The van der Waals surface area contributed by atoms with Crippen molar-refractivity contribution < 1.29 is 7.16 Å². The first-order valence-corrected chi connectivity index (χ1v) is 22.2. The smallest absolute Gasteiger partial charge is 0.220 e. The van der Waals surface area contributed by atoms with Gasteiger partial charge in [0.25, 0.3) is 0 Å². The molecule has 65 heavy (non-hydrogen) atoms. The lowest BCUT2D eigenvalue weighted by Gasteiger charge is -2.18. The Morgan fingerprint density at radius 3 is 1.83 bits per heavy atom. The average Bonchev–Trinajstić information content (AvgIpc) is 4.11. The first kappa shape index (κ1) is 35.3. The lowest BCUT2D eigenvalue weighted by molar-refractivity contribution is 0.411. The minimum absolute atomic E-state index is 0.537. The number of hydrogen-bond acceptors (Lipinski definition) is 3. The molecular formula is C59H43N5O. The minimum atomic E-state index is -1.60. The highest BCUT2D eigenvalue weighted by Gasteiger charge is 2.24. The van der Waals surface area contributed by atoms with Gasteiger partial charge in [0.1, 0.15) is 11.2 Å². The monoisotopic (exact) mass is 839 g/mol. The van der Waals surface area contributed by atoms with E-state index in [-0.39, 0.29) is 0 Å². The van der Waals surface area contributed by atoms with Crippen LogP contribution in [0.5, 0.6) is 0 Å². The number of rotatable bonds is 6. The maximum atomic E-state index is 9.03. The van der Waals surface area contributed by atoms with Crippen LogP contribution in [0.3, 0.4) is 0 Å². The molecule has 0 bridgehead atoms. The Balaban J connectivity index is 1.12. The maximum Gasteiger partial charge on any atom is 0.220 e. The summed E-state index contributed by atoms with van der Waals surface area (Å²) in [6.07, 6.45) is 0.0946. The Kier molecular flexibility index (Phi) is 7.67. The molecule has 0 aliphatic heterocycles. The van der Waals surface area contributed by atoms with Crippen molar-refractivity contribution in [3.8, 4) is 39.7 Å². The molecule has 0 amide bonds. The summed E-state index contributed by atoms with van der Waals surface area (Å²) in [7, 11) is 0. The molecule has 0 fully saturated rings. The van der Waals surface area contributed by atoms with Crippen LogP contribution in [0.15, 0.2) is 199 Å². The molecule has 13 rings (SSSR count). The van der Waals surface area contributed by atoms with Gasteiger partial charge in [0, 0.05) is 63.8 Å². The quantitative estimate of drug-likeness (QED) is 0.168. The van der Waals surface area contributed by atoms with E-state index in [4.69, 9.17) is 17.1 Å². The number of benzene rings is 8. The van der Waals surface area contributed by atoms with Gasteiger partial charge in [-0.2, -0.15) is 0 Å². The predicted octanol–water partition coefficient (Wildman–Crippen LogP) is 15.4. The van der Waals surface area contributed by atoms with Gasteiger partial charge in [0.15, 0.2) is 0 Å². The van der Waals surface area contributed by atoms with Crippen molar-refractivity contribution in [1.29, 1.82) is 0 Å². The summed E-state index contributed by atoms with van der Waals surface area (Å²) in [4.78, 5) is 10.4. The summed E-state index contributed by atoms with van der Waals surface area (Å²) in [5.41, 5.74) is 13.2. The largest absolute Gasteiger partial charge is 0.455 e. The van der Waals surface area contributed by atoms with Gasteiger partial charge in [0.2, 0.25) is 5.95 Å². The van der Waals surface area contributed by atoms with Crippen LogP contribution in [0.25, 0.3) is 116 Å². The van der Waals surface area contributed by atoms with Crippen LogP contribution in [0.2, 0.25) is 0 Å². The van der Waals surface area contributed by atoms with Crippen molar-refractivity contribution in [2.75, 3.05) is 0 Å². The van der Waals surface area contributed by atoms with Crippen LogP contribution in [0, 0.1) is 5.41 Å². The second-order valence-corrected chi connectivity index (χ2v) is 18.0. The molecule has 6 heteroatoms. The molecule has 0 N–H and O–H groups in total. The van der Waals surface area contributed by atoms with Gasteiger partial charge in [-0.05, 0) is 89.6 Å². The molecule has 0 saturated carbocycles. The fourth-order valence-corrected chi connectivity index (χ4v) is 10.0. The highest BCUT2D eigenvalue weighted by Crippen LogP contribution is 2.44. The summed E-state index contributed by atoms with van der Waals surface area (Å²) in [6.45, 7) is 5.77. The van der Waals surface area contributed by atoms with Gasteiger partial charge >= 0.3 is 0 Å². The van der Waals surface area contributed by atoms with E-state index in [1.807, 2.05) is 51.1 Å². The fourth-order valence-electron chi connectivity index (χ4n) is 10.0. The second-order valence-electron chi connectivity index (χ2n) is 18.0. The topological polar surface area (TPSA) is 53.7 Å². The highest BCUT2D eigenvalue weighted by atomic mass is 16.3. The van der Waals surface area contributed by atoms with E-state index in [0.29, 0.717) is 11.3 Å². The Bertz CT molecular complexity index is 4100. The summed E-state index contributed by atoms with van der Waals surface area (Å²) in [5, 5.41) is 6.54. The molecule has 0 aliphatic rings. The molecule has 0 unspecified atom stereocenters. The number of hydrogen-bond donors (Lipinski definition) is 0. The maximum absolute atomic E-state index is 9.03. The van der Waals surface area contributed by atoms with Gasteiger partial charge < -0.3 is 8.98 Å². The van der Waals surface area contributed by atoms with Crippen molar-refractivity contribution in [1.82, 2.24) is 23.7 Å². The van der Waals surface area contributed by atoms with E-state index in [2.05, 4.69) is 171 Å². The Morgan fingerprint density at radius 2 is 1.11 bits per heavy atom. The molecule has 0 saturated heterocycles. The van der Waals surface area contributed by atoms with Crippen molar-refractivity contribution in [3.63, 3.8) is 0 Å². The van der Waals surface area contributed by atoms with Crippen LogP contribution in [0.4, 0.5) is 0 Å². The predicted molar refractivity (Wildman–Crippen MR) is 269 cm³/mol. The number of nitrogens with zero attached hydrogens (tertiary/aromatic N) is 5. The highest BCUT2D eigenvalue weighted by molar-refractivity contribution is 6.20. The molecule has 13 aromatic rings. The Labute approximate surface area is 378 Å². The zero-order valence-electron chi connectivity index (χ0n) is 38.1. The zero-order valence-corrected chi connectivity index (χ0v) is 36.1. The average molecular weight is 840 g/mol. The van der Waals surface area contributed by atoms with Crippen molar-refractivity contribution in [3.05, 3.63) is 200 Å². The number of furan rings is 1. The van der Waals surface area contributed by atoms with Crippen LogP contribution >= 0.6 is 0 Å². The standard InChI is InChI=1S/C59H43N5O/c1-59(2,3)35-37-29-30-49(60-36-37)48-32-40(31-47-44-24-16-23-41(56(44)65-57(47)48)38-17-6-4-7-18-38)62-51-26-13-10-21-42(51)45-33-46-43-22-11-14-27-52(43)64(55(46)34-54(45)62)58-61-50-25-12-15-28-53(50)63(58)39-19-8-5-9-20-39/h4-34,36H,35H2,1-3H3/i35D2. The summed E-state index contributed by atoms with van der Waals surface area (Å²) < 4.78 is 32.0. The Morgan fingerprint density at radius 1 is 0.477 bits per heavy atom. The van der Waals surface area contributed by atoms with E-state index < -0.39 is 11.8 Å². The lowest BCUT2D eigenvalue weighted by atomic mass is 9.89. The number of imidazole rings is 1. The molecular weight excluding hydrogens is 795 g/mol. The van der Waals surface area contributed by atoms with Crippen LogP contribution < -0.4 is 0 Å². The summed E-state index contributed by atoms with van der Waals surface area (Å²) in [6, 6.07) is 65.8. The van der Waals surface area contributed by atoms with E-state index in [1.54, 1.807) is 6.20 Å². The van der Waals surface area contributed by atoms with E-state index in [0.717, 1.165) is 111 Å². The molecule has 5 aromatic heterocycles. The number of fused-ring (bicyclic) bond motifs is 10. The van der Waals surface area contributed by atoms with E-state index >= 15 is 0 Å². The van der Waals surface area contributed by atoms with Gasteiger partial charge in [-0.25, -0.2) is 4.98 Å². The molecule has 310 valence electrons. The Hall–Kier alpha value is -8.22. The van der Waals surface area contributed by atoms with Crippen molar-refractivity contribution in [2.45, 2.75) is 27.1 Å². The number of para-hydroxylation sites is 6. The molecule has 5 heterocycles. The first-order chi connectivity index (χ1) is 32.6. The number of pyridine rings is 1. The minimum Gasteiger partial charge on any atom is -0.455 e. The fraction of sp³-hybridized carbons (Fsp3) is 0.0847. The van der Waals surface area contributed by atoms with Crippen LogP contribution in [-0.2, 0) is 6.37 Å². The first-order valence-electron chi connectivity index (χ1n) is 23.2. The zero-order chi connectivity index (χ0) is 45.2.